The Morgan fingerprint density at radius 3 is 2.82 bits per heavy atom. The van der Waals surface area contributed by atoms with Crippen LogP contribution < -0.4 is 5.56 Å². The van der Waals surface area contributed by atoms with Crippen molar-refractivity contribution < 1.29 is 0 Å². The van der Waals surface area contributed by atoms with Gasteiger partial charge in [-0.2, -0.15) is 5.10 Å². The molecule has 0 unspecified atom stereocenters. The molecule has 5 aromatic rings. The SMILES string of the molecule is Cn1cc2c(-c3cccc(Cn4c(=O)cnc5ccncc54)c3)cccc2n1. The van der Waals surface area contributed by atoms with Gasteiger partial charge in [0.15, 0.2) is 0 Å². The van der Waals surface area contributed by atoms with E-state index in [1.165, 1.54) is 6.20 Å². The lowest BCUT2D eigenvalue weighted by Gasteiger charge is -2.11. The number of aryl methyl sites for hydroxylation is 1. The van der Waals surface area contributed by atoms with Crippen LogP contribution >= 0.6 is 0 Å². The van der Waals surface area contributed by atoms with E-state index in [0.717, 1.165) is 38.6 Å². The Labute approximate surface area is 160 Å². The molecule has 6 heteroatoms. The third-order valence-electron chi connectivity index (χ3n) is 4.89. The maximum absolute atomic E-state index is 12.4. The highest BCUT2D eigenvalue weighted by Crippen LogP contribution is 2.28. The molecule has 5 rings (SSSR count). The van der Waals surface area contributed by atoms with Gasteiger partial charge in [0.2, 0.25) is 0 Å². The smallest absolute Gasteiger partial charge is 0.269 e. The molecule has 3 aromatic heterocycles. The van der Waals surface area contributed by atoms with Crippen molar-refractivity contribution in [3.05, 3.63) is 89.2 Å². The number of nitrogens with zero attached hydrogens (tertiary/aromatic N) is 5. The average Bonchev–Trinajstić information content (AvgIpc) is 3.10. The third-order valence-corrected chi connectivity index (χ3v) is 4.89. The van der Waals surface area contributed by atoms with E-state index in [0.29, 0.717) is 6.54 Å². The van der Waals surface area contributed by atoms with Crippen LogP contribution in [-0.4, -0.2) is 24.3 Å². The molecule has 0 aliphatic rings. The summed E-state index contributed by atoms with van der Waals surface area (Å²) in [7, 11) is 1.93. The molecule has 0 bridgehead atoms. The molecule has 0 aliphatic heterocycles. The van der Waals surface area contributed by atoms with Gasteiger partial charge in [-0.15, -0.1) is 0 Å². The van der Waals surface area contributed by atoms with Gasteiger partial charge in [-0.05, 0) is 34.9 Å². The highest BCUT2D eigenvalue weighted by Gasteiger charge is 2.09. The maximum Gasteiger partial charge on any atom is 0.269 e. The molecule has 0 saturated heterocycles. The topological polar surface area (TPSA) is 65.6 Å². The van der Waals surface area contributed by atoms with Crippen LogP contribution in [0.25, 0.3) is 33.1 Å². The lowest BCUT2D eigenvalue weighted by Crippen LogP contribution is -2.21. The summed E-state index contributed by atoms with van der Waals surface area (Å²) < 4.78 is 3.53. The fraction of sp³-hybridized carbons (Fsp3) is 0.0909. The van der Waals surface area contributed by atoms with Crippen molar-refractivity contribution in [1.82, 2.24) is 24.3 Å². The van der Waals surface area contributed by atoms with E-state index in [4.69, 9.17) is 0 Å². The zero-order chi connectivity index (χ0) is 19.1. The van der Waals surface area contributed by atoms with Gasteiger partial charge < -0.3 is 0 Å². The first kappa shape index (κ1) is 16.4. The molecule has 0 spiro atoms. The Hall–Kier alpha value is -3.80. The Bertz CT molecular complexity index is 1380. The summed E-state index contributed by atoms with van der Waals surface area (Å²) in [6, 6.07) is 16.2. The van der Waals surface area contributed by atoms with Crippen LogP contribution in [0.1, 0.15) is 5.56 Å². The molecule has 136 valence electrons. The van der Waals surface area contributed by atoms with Crippen LogP contribution in [0.5, 0.6) is 0 Å². The second-order valence-corrected chi connectivity index (χ2v) is 6.79. The minimum Gasteiger partial charge on any atom is -0.300 e. The Morgan fingerprint density at radius 2 is 1.89 bits per heavy atom. The van der Waals surface area contributed by atoms with Crippen LogP contribution in [-0.2, 0) is 13.6 Å². The zero-order valence-electron chi connectivity index (χ0n) is 15.3. The van der Waals surface area contributed by atoms with Crippen LogP contribution in [0.15, 0.2) is 78.1 Å². The molecule has 0 atom stereocenters. The quantitative estimate of drug-likeness (QED) is 0.490. The van der Waals surface area contributed by atoms with Crippen molar-refractivity contribution in [2.24, 2.45) is 7.05 Å². The minimum absolute atomic E-state index is 0.139. The maximum atomic E-state index is 12.4. The van der Waals surface area contributed by atoms with Crippen molar-refractivity contribution in [2.75, 3.05) is 0 Å². The summed E-state index contributed by atoms with van der Waals surface area (Å²) in [4.78, 5) is 20.8. The van der Waals surface area contributed by atoms with Crippen molar-refractivity contribution in [2.45, 2.75) is 6.54 Å². The van der Waals surface area contributed by atoms with Gasteiger partial charge in [-0.25, -0.2) is 4.98 Å². The van der Waals surface area contributed by atoms with Crippen LogP contribution in [0.3, 0.4) is 0 Å². The fourth-order valence-electron chi connectivity index (χ4n) is 3.61. The number of benzene rings is 2. The lowest BCUT2D eigenvalue weighted by molar-refractivity contribution is 0.780. The second-order valence-electron chi connectivity index (χ2n) is 6.79. The number of rotatable bonds is 3. The van der Waals surface area contributed by atoms with Crippen molar-refractivity contribution in [3.8, 4) is 11.1 Å². The molecular formula is C22H17N5O. The summed E-state index contributed by atoms with van der Waals surface area (Å²) in [5.74, 6) is 0. The Morgan fingerprint density at radius 1 is 1.00 bits per heavy atom. The van der Waals surface area contributed by atoms with E-state index in [9.17, 15) is 4.79 Å². The van der Waals surface area contributed by atoms with Gasteiger partial charge >= 0.3 is 0 Å². The standard InChI is InChI=1S/C22H17N5O/c1-26-14-18-17(6-3-7-19(18)25-26)16-5-2-4-15(10-16)13-27-21-11-23-9-8-20(21)24-12-22(27)28/h2-12,14H,13H2,1H3. The van der Waals surface area contributed by atoms with Gasteiger partial charge in [0.1, 0.15) is 0 Å². The van der Waals surface area contributed by atoms with Gasteiger partial charge in [-0.3, -0.25) is 19.0 Å². The number of aromatic nitrogens is 5. The molecule has 0 aliphatic carbocycles. The first-order chi connectivity index (χ1) is 13.7. The number of hydrogen-bond acceptors (Lipinski definition) is 4. The van der Waals surface area contributed by atoms with E-state index in [1.807, 2.05) is 48.3 Å². The van der Waals surface area contributed by atoms with Crippen LogP contribution in [0.4, 0.5) is 0 Å². The van der Waals surface area contributed by atoms with Gasteiger partial charge in [0.05, 0.1) is 35.5 Å². The molecule has 0 fully saturated rings. The minimum atomic E-state index is -0.139. The number of pyridine rings is 1. The molecule has 0 N–H and O–H groups in total. The summed E-state index contributed by atoms with van der Waals surface area (Å²) >= 11 is 0. The fourth-order valence-corrected chi connectivity index (χ4v) is 3.61. The average molecular weight is 367 g/mol. The van der Waals surface area contributed by atoms with Crippen molar-refractivity contribution >= 4 is 21.9 Å². The van der Waals surface area contributed by atoms with Crippen LogP contribution in [0, 0.1) is 0 Å². The summed E-state index contributed by atoms with van der Waals surface area (Å²) in [5.41, 5.74) is 5.58. The van der Waals surface area contributed by atoms with Gasteiger partial charge in [-0.1, -0.05) is 30.3 Å². The normalized spacial score (nSPS) is 11.3. The molecule has 0 saturated carbocycles. The monoisotopic (exact) mass is 367 g/mol. The predicted octanol–water partition coefficient (Wildman–Crippen LogP) is 3.39. The summed E-state index contributed by atoms with van der Waals surface area (Å²) in [6.07, 6.45) is 6.76. The third kappa shape index (κ3) is 2.75. The van der Waals surface area contributed by atoms with Gasteiger partial charge in [0, 0.05) is 24.8 Å². The first-order valence-electron chi connectivity index (χ1n) is 9.00. The highest BCUT2D eigenvalue weighted by atomic mass is 16.1. The second kappa shape index (κ2) is 6.42. The van der Waals surface area contributed by atoms with E-state index in [2.05, 4.69) is 33.3 Å². The molecule has 28 heavy (non-hydrogen) atoms. The molecule has 0 radical (unpaired) electrons. The molecule has 3 heterocycles. The van der Waals surface area contributed by atoms with E-state index < -0.39 is 0 Å². The van der Waals surface area contributed by atoms with Crippen molar-refractivity contribution in [3.63, 3.8) is 0 Å². The summed E-state index contributed by atoms with van der Waals surface area (Å²) in [5, 5.41) is 5.60. The Balaban J connectivity index is 1.61. The van der Waals surface area contributed by atoms with Crippen LogP contribution in [0.2, 0.25) is 0 Å². The highest BCUT2D eigenvalue weighted by molar-refractivity contribution is 5.94. The van der Waals surface area contributed by atoms with E-state index in [1.54, 1.807) is 17.0 Å². The number of fused-ring (bicyclic) bond motifs is 2. The number of hydrogen-bond donors (Lipinski definition) is 0. The van der Waals surface area contributed by atoms with E-state index >= 15 is 0 Å². The lowest BCUT2D eigenvalue weighted by atomic mass is 10.00. The molecular weight excluding hydrogens is 350 g/mol. The zero-order valence-corrected chi connectivity index (χ0v) is 15.3. The largest absolute Gasteiger partial charge is 0.300 e. The molecule has 2 aromatic carbocycles. The van der Waals surface area contributed by atoms with E-state index in [-0.39, 0.29) is 5.56 Å². The van der Waals surface area contributed by atoms with Gasteiger partial charge in [0.25, 0.3) is 5.56 Å². The predicted molar refractivity (Wildman–Crippen MR) is 109 cm³/mol. The Kier molecular flexibility index (Phi) is 3.76. The molecule has 0 amide bonds. The first-order valence-corrected chi connectivity index (χ1v) is 9.00. The molecule has 6 nitrogen and oxygen atoms in total. The van der Waals surface area contributed by atoms with Crippen molar-refractivity contribution in [1.29, 1.82) is 0 Å². The summed E-state index contributed by atoms with van der Waals surface area (Å²) in [6.45, 7) is 0.459.